The molecular weight excluding hydrogens is 381 g/mol. The van der Waals surface area contributed by atoms with Gasteiger partial charge in [-0.1, -0.05) is 42.5 Å². The number of ether oxygens (including phenoxy) is 1. The molecule has 3 aromatic carbocycles. The van der Waals surface area contributed by atoms with E-state index >= 15 is 0 Å². The summed E-state index contributed by atoms with van der Waals surface area (Å²) in [5.41, 5.74) is 4.90. The quantitative estimate of drug-likeness (QED) is 0.439. The maximum Gasteiger partial charge on any atom is 0.336 e. The predicted octanol–water partition coefficient (Wildman–Crippen LogP) is 5.26. The second kappa shape index (κ2) is 7.43. The van der Waals surface area contributed by atoms with E-state index in [4.69, 9.17) is 9.15 Å². The lowest BCUT2D eigenvalue weighted by atomic mass is 9.97. The second-order valence-electron chi connectivity index (χ2n) is 7.60. The minimum Gasteiger partial charge on any atom is -0.477 e. The molecule has 150 valence electrons. The van der Waals surface area contributed by atoms with Gasteiger partial charge in [0.1, 0.15) is 23.9 Å². The van der Waals surface area contributed by atoms with Gasteiger partial charge in [-0.2, -0.15) is 0 Å². The molecule has 0 N–H and O–H groups in total. The summed E-state index contributed by atoms with van der Waals surface area (Å²) in [5.74, 6) is 0.530. The summed E-state index contributed by atoms with van der Waals surface area (Å²) in [5, 5.41) is 0.893. The number of halogens is 1. The number of fused-ring (bicyclic) bond motifs is 2. The zero-order valence-electron chi connectivity index (χ0n) is 16.5. The van der Waals surface area contributed by atoms with E-state index < -0.39 is 0 Å². The van der Waals surface area contributed by atoms with E-state index in [0.29, 0.717) is 25.4 Å². The van der Waals surface area contributed by atoms with Crippen molar-refractivity contribution in [3.63, 3.8) is 0 Å². The lowest BCUT2D eigenvalue weighted by molar-refractivity contribution is 0.0881. The molecule has 1 aromatic heterocycles. The topological polar surface area (TPSA) is 42.7 Å². The van der Waals surface area contributed by atoms with E-state index in [-0.39, 0.29) is 11.4 Å². The van der Waals surface area contributed by atoms with Gasteiger partial charge in [-0.25, -0.2) is 9.18 Å². The first-order valence-corrected chi connectivity index (χ1v) is 9.84. The van der Waals surface area contributed by atoms with E-state index in [9.17, 15) is 9.18 Å². The van der Waals surface area contributed by atoms with Crippen molar-refractivity contribution in [1.82, 2.24) is 4.90 Å². The molecule has 30 heavy (non-hydrogen) atoms. The summed E-state index contributed by atoms with van der Waals surface area (Å²) in [4.78, 5) is 14.4. The Kier molecular flexibility index (Phi) is 4.60. The molecule has 0 radical (unpaired) electrons. The average molecular weight is 401 g/mol. The van der Waals surface area contributed by atoms with Gasteiger partial charge in [0, 0.05) is 35.7 Å². The monoisotopic (exact) mass is 401 g/mol. The predicted molar refractivity (Wildman–Crippen MR) is 114 cm³/mol. The Hall–Kier alpha value is -3.44. The van der Waals surface area contributed by atoms with Crippen molar-refractivity contribution >= 4 is 11.0 Å². The van der Waals surface area contributed by atoms with Gasteiger partial charge in [0.2, 0.25) is 0 Å². The second-order valence-corrected chi connectivity index (χ2v) is 7.60. The summed E-state index contributed by atoms with van der Waals surface area (Å²) in [6.45, 7) is 3.69. The van der Waals surface area contributed by atoms with Gasteiger partial charge in [0.25, 0.3) is 0 Å². The molecule has 1 aliphatic rings. The molecule has 0 saturated heterocycles. The summed E-state index contributed by atoms with van der Waals surface area (Å²) in [6, 6.07) is 20.0. The Balaban J connectivity index is 1.57. The lowest BCUT2D eigenvalue weighted by Crippen LogP contribution is -2.31. The van der Waals surface area contributed by atoms with Gasteiger partial charge in [-0.05, 0) is 41.8 Å². The van der Waals surface area contributed by atoms with Crippen LogP contribution in [0.5, 0.6) is 5.75 Å². The van der Waals surface area contributed by atoms with Crippen LogP contribution in [0.4, 0.5) is 4.39 Å². The third kappa shape index (κ3) is 3.37. The van der Waals surface area contributed by atoms with E-state index in [1.54, 1.807) is 18.2 Å². The van der Waals surface area contributed by atoms with Crippen molar-refractivity contribution in [3.05, 3.63) is 99.7 Å². The molecule has 0 amide bonds. The molecule has 5 heteroatoms. The smallest absolute Gasteiger partial charge is 0.336 e. The first kappa shape index (κ1) is 18.6. The van der Waals surface area contributed by atoms with Crippen LogP contribution in [0.25, 0.3) is 22.1 Å². The van der Waals surface area contributed by atoms with E-state index in [0.717, 1.165) is 39.0 Å². The molecule has 4 aromatic rings. The van der Waals surface area contributed by atoms with E-state index in [1.165, 1.54) is 12.1 Å². The highest BCUT2D eigenvalue weighted by atomic mass is 19.1. The minimum atomic E-state index is -0.377. The molecule has 1 aliphatic heterocycles. The molecule has 0 atom stereocenters. The SMILES string of the molecule is Cc1c2c(cc3c(-c4ccccc4)cc(=O)oc13)CN(Cc1ccc(F)cc1)CO2. The van der Waals surface area contributed by atoms with Crippen molar-refractivity contribution in [2.75, 3.05) is 6.73 Å². The number of benzene rings is 3. The number of hydrogen-bond donors (Lipinski definition) is 0. The van der Waals surface area contributed by atoms with Crippen LogP contribution in [0.3, 0.4) is 0 Å². The fraction of sp³-hybridized carbons (Fsp3) is 0.160. The number of nitrogens with zero attached hydrogens (tertiary/aromatic N) is 1. The molecule has 0 unspecified atom stereocenters. The van der Waals surface area contributed by atoms with Gasteiger partial charge in [-0.3, -0.25) is 4.90 Å². The highest BCUT2D eigenvalue weighted by Gasteiger charge is 2.23. The zero-order valence-corrected chi connectivity index (χ0v) is 16.5. The fourth-order valence-electron chi connectivity index (χ4n) is 4.08. The largest absolute Gasteiger partial charge is 0.477 e. The van der Waals surface area contributed by atoms with Crippen molar-refractivity contribution in [3.8, 4) is 16.9 Å². The number of aryl methyl sites for hydroxylation is 1. The Bertz CT molecular complexity index is 1280. The molecule has 0 spiro atoms. The summed E-state index contributed by atoms with van der Waals surface area (Å²) in [7, 11) is 0. The van der Waals surface area contributed by atoms with Crippen molar-refractivity contribution in [2.24, 2.45) is 0 Å². The van der Waals surface area contributed by atoms with Crippen LogP contribution in [0.15, 0.2) is 75.9 Å². The summed E-state index contributed by atoms with van der Waals surface area (Å²) < 4.78 is 24.8. The van der Waals surface area contributed by atoms with Gasteiger partial charge in [0.05, 0.1) is 0 Å². The van der Waals surface area contributed by atoms with E-state index in [1.807, 2.05) is 37.3 Å². The molecule has 2 heterocycles. The number of rotatable bonds is 3. The summed E-state index contributed by atoms with van der Waals surface area (Å²) >= 11 is 0. The summed E-state index contributed by atoms with van der Waals surface area (Å²) in [6.07, 6.45) is 0. The van der Waals surface area contributed by atoms with Crippen molar-refractivity contribution < 1.29 is 13.5 Å². The molecule has 5 rings (SSSR count). The average Bonchev–Trinajstić information content (AvgIpc) is 2.76. The van der Waals surface area contributed by atoms with Gasteiger partial charge in [0.15, 0.2) is 0 Å². The van der Waals surface area contributed by atoms with Crippen LogP contribution in [-0.4, -0.2) is 11.6 Å². The van der Waals surface area contributed by atoms with Crippen molar-refractivity contribution in [1.29, 1.82) is 0 Å². The zero-order chi connectivity index (χ0) is 20.7. The Labute approximate surface area is 173 Å². The van der Waals surface area contributed by atoms with Gasteiger partial charge in [-0.15, -0.1) is 0 Å². The third-order valence-electron chi connectivity index (χ3n) is 5.48. The molecule has 4 nitrogen and oxygen atoms in total. The maximum absolute atomic E-state index is 13.2. The van der Waals surface area contributed by atoms with Gasteiger partial charge >= 0.3 is 5.63 Å². The Morgan fingerprint density at radius 1 is 1.03 bits per heavy atom. The van der Waals surface area contributed by atoms with Crippen LogP contribution in [0.1, 0.15) is 16.7 Å². The van der Waals surface area contributed by atoms with Crippen LogP contribution in [-0.2, 0) is 13.1 Å². The highest BCUT2D eigenvalue weighted by molar-refractivity contribution is 5.96. The fourth-order valence-corrected chi connectivity index (χ4v) is 4.08. The number of hydrogen-bond acceptors (Lipinski definition) is 4. The van der Waals surface area contributed by atoms with Crippen molar-refractivity contribution in [2.45, 2.75) is 20.0 Å². The first-order chi connectivity index (χ1) is 14.6. The Morgan fingerprint density at radius 3 is 2.57 bits per heavy atom. The Morgan fingerprint density at radius 2 is 1.80 bits per heavy atom. The molecule has 0 bridgehead atoms. The van der Waals surface area contributed by atoms with Crippen LogP contribution in [0, 0.1) is 12.7 Å². The van der Waals surface area contributed by atoms with Crippen LogP contribution in [0.2, 0.25) is 0 Å². The molecule has 0 saturated carbocycles. The van der Waals surface area contributed by atoms with E-state index in [2.05, 4.69) is 11.0 Å². The van der Waals surface area contributed by atoms with Gasteiger partial charge < -0.3 is 9.15 Å². The molecule has 0 fully saturated rings. The third-order valence-corrected chi connectivity index (χ3v) is 5.48. The standard InChI is InChI=1S/C25H20FNO3/c1-16-24-19(14-27(15-29-24)13-17-7-9-20(26)10-8-17)11-22-21(12-23(28)30-25(16)22)18-5-3-2-4-6-18/h2-12H,13-15H2,1H3. The minimum absolute atomic E-state index is 0.240. The first-order valence-electron chi connectivity index (χ1n) is 9.84. The molecule has 0 aliphatic carbocycles. The lowest BCUT2D eigenvalue weighted by Gasteiger charge is -2.30. The van der Waals surface area contributed by atoms with Crippen LogP contribution < -0.4 is 10.4 Å². The van der Waals surface area contributed by atoms with Crippen LogP contribution >= 0.6 is 0 Å². The normalized spacial score (nSPS) is 13.8. The molecular formula is C25H20FNO3. The maximum atomic E-state index is 13.2. The highest BCUT2D eigenvalue weighted by Crippen LogP contribution is 2.38.